The second kappa shape index (κ2) is 2.60. The smallest absolute Gasteiger partial charge is 0.153 e. The van der Waals surface area contributed by atoms with Gasteiger partial charge in [-0.25, -0.2) is 9.50 Å². The lowest BCUT2D eigenvalue weighted by Crippen LogP contribution is -2.22. The highest BCUT2D eigenvalue weighted by Crippen LogP contribution is 2.36. The summed E-state index contributed by atoms with van der Waals surface area (Å²) >= 11 is 0. The van der Waals surface area contributed by atoms with Crippen molar-refractivity contribution in [2.24, 2.45) is 5.73 Å². The van der Waals surface area contributed by atoms with Crippen LogP contribution in [-0.2, 0) is 6.42 Å². The fourth-order valence-electron chi connectivity index (χ4n) is 1.77. The Hall–Kier alpha value is -1.29. The molecule has 4 nitrogen and oxygen atoms in total. The average molecular weight is 190 g/mol. The van der Waals surface area contributed by atoms with Crippen molar-refractivity contribution in [3.05, 3.63) is 24.2 Å². The number of hydrogen-bond acceptors (Lipinski definition) is 2. The van der Waals surface area contributed by atoms with Crippen LogP contribution in [0.4, 0.5) is 0 Å². The number of aromatic amines is 1. The van der Waals surface area contributed by atoms with Crippen LogP contribution in [-0.4, -0.2) is 20.1 Å². The third kappa shape index (κ3) is 1.32. The molecule has 0 amide bonds. The minimum atomic E-state index is 0.136. The molecule has 3 rings (SSSR count). The monoisotopic (exact) mass is 190 g/mol. The van der Waals surface area contributed by atoms with Crippen molar-refractivity contribution >= 4 is 5.65 Å². The highest BCUT2D eigenvalue weighted by molar-refractivity contribution is 5.37. The molecule has 0 aromatic carbocycles. The number of aromatic nitrogens is 3. The molecular weight excluding hydrogens is 176 g/mol. The standard InChI is InChI=1S/C10H14N4/c11-10(4-5-10)3-1-8-7-14-9(13-8)2-6-12-14/h2,6-7,12H,1,3-5,11H2. The van der Waals surface area contributed by atoms with Gasteiger partial charge in [0, 0.05) is 17.8 Å². The van der Waals surface area contributed by atoms with E-state index < -0.39 is 0 Å². The van der Waals surface area contributed by atoms with Crippen molar-refractivity contribution in [3.8, 4) is 0 Å². The van der Waals surface area contributed by atoms with E-state index in [4.69, 9.17) is 5.73 Å². The number of nitrogens with one attached hydrogen (secondary N) is 1. The van der Waals surface area contributed by atoms with Crippen molar-refractivity contribution in [1.29, 1.82) is 0 Å². The van der Waals surface area contributed by atoms with Crippen molar-refractivity contribution < 1.29 is 0 Å². The summed E-state index contributed by atoms with van der Waals surface area (Å²) in [7, 11) is 0. The third-order valence-electron chi connectivity index (χ3n) is 3.00. The Bertz CT molecular complexity index is 421. The zero-order chi connectivity index (χ0) is 9.60. The van der Waals surface area contributed by atoms with Gasteiger partial charge in [0.1, 0.15) is 0 Å². The summed E-state index contributed by atoms with van der Waals surface area (Å²) in [6.07, 6.45) is 8.34. The van der Waals surface area contributed by atoms with E-state index in [1.807, 2.05) is 23.0 Å². The molecule has 0 aliphatic heterocycles. The van der Waals surface area contributed by atoms with Crippen LogP contribution in [0.25, 0.3) is 5.65 Å². The van der Waals surface area contributed by atoms with Gasteiger partial charge in [0.2, 0.25) is 0 Å². The fraction of sp³-hybridized carbons (Fsp3) is 0.500. The van der Waals surface area contributed by atoms with Crippen LogP contribution in [0.3, 0.4) is 0 Å². The topological polar surface area (TPSA) is 59.1 Å². The molecule has 0 spiro atoms. The minimum absolute atomic E-state index is 0.136. The largest absolute Gasteiger partial charge is 0.325 e. The van der Waals surface area contributed by atoms with E-state index in [1.165, 1.54) is 12.8 Å². The predicted octanol–water partition coefficient (Wildman–Crippen LogP) is 1.09. The average Bonchev–Trinajstić information content (AvgIpc) is 2.61. The van der Waals surface area contributed by atoms with Gasteiger partial charge < -0.3 is 10.8 Å². The quantitative estimate of drug-likeness (QED) is 0.761. The second-order valence-corrected chi connectivity index (χ2v) is 4.29. The van der Waals surface area contributed by atoms with Gasteiger partial charge in [-0.15, -0.1) is 0 Å². The summed E-state index contributed by atoms with van der Waals surface area (Å²) in [6, 6.07) is 1.97. The predicted molar refractivity (Wildman–Crippen MR) is 54.0 cm³/mol. The van der Waals surface area contributed by atoms with Crippen molar-refractivity contribution in [3.63, 3.8) is 0 Å². The van der Waals surface area contributed by atoms with E-state index in [0.29, 0.717) is 0 Å². The SMILES string of the molecule is NC1(CCc2cn3[nH]ccc3n2)CC1. The molecule has 1 fully saturated rings. The van der Waals surface area contributed by atoms with Gasteiger partial charge in [-0.2, -0.15) is 0 Å². The molecule has 0 atom stereocenters. The first-order chi connectivity index (χ1) is 6.75. The fourth-order valence-corrected chi connectivity index (χ4v) is 1.77. The zero-order valence-corrected chi connectivity index (χ0v) is 8.03. The van der Waals surface area contributed by atoms with Gasteiger partial charge in [0.25, 0.3) is 0 Å². The van der Waals surface area contributed by atoms with E-state index >= 15 is 0 Å². The summed E-state index contributed by atoms with van der Waals surface area (Å²) in [5.41, 5.74) is 8.28. The number of rotatable bonds is 3. The van der Waals surface area contributed by atoms with Crippen LogP contribution in [0.1, 0.15) is 25.0 Å². The Morgan fingerprint density at radius 2 is 2.43 bits per heavy atom. The van der Waals surface area contributed by atoms with E-state index in [-0.39, 0.29) is 5.54 Å². The Morgan fingerprint density at radius 3 is 3.14 bits per heavy atom. The van der Waals surface area contributed by atoms with Gasteiger partial charge in [0.05, 0.1) is 11.9 Å². The van der Waals surface area contributed by atoms with Crippen LogP contribution in [0.5, 0.6) is 0 Å². The lowest BCUT2D eigenvalue weighted by atomic mass is 10.1. The number of hydrogen-bond donors (Lipinski definition) is 2. The maximum absolute atomic E-state index is 6.02. The first-order valence-electron chi connectivity index (χ1n) is 5.05. The molecular formula is C10H14N4. The van der Waals surface area contributed by atoms with Gasteiger partial charge in [-0.1, -0.05) is 0 Å². The van der Waals surface area contributed by atoms with Crippen molar-refractivity contribution in [1.82, 2.24) is 14.6 Å². The molecule has 14 heavy (non-hydrogen) atoms. The number of H-pyrrole nitrogens is 1. The van der Waals surface area contributed by atoms with E-state index in [0.717, 1.165) is 24.2 Å². The van der Waals surface area contributed by atoms with Crippen LogP contribution in [0.2, 0.25) is 0 Å². The Labute approximate surface area is 82.1 Å². The molecule has 4 heteroatoms. The molecule has 74 valence electrons. The molecule has 1 saturated carbocycles. The maximum Gasteiger partial charge on any atom is 0.153 e. The second-order valence-electron chi connectivity index (χ2n) is 4.29. The molecule has 2 aromatic rings. The Kier molecular flexibility index (Phi) is 1.50. The number of nitrogens with zero attached hydrogens (tertiary/aromatic N) is 2. The lowest BCUT2D eigenvalue weighted by molar-refractivity contribution is 0.604. The van der Waals surface area contributed by atoms with Gasteiger partial charge >= 0.3 is 0 Å². The van der Waals surface area contributed by atoms with Gasteiger partial charge in [0.15, 0.2) is 5.65 Å². The lowest BCUT2D eigenvalue weighted by Gasteiger charge is -2.04. The number of imidazole rings is 1. The number of fused-ring (bicyclic) bond motifs is 1. The first kappa shape index (κ1) is 8.05. The molecule has 2 aromatic heterocycles. The number of nitrogens with two attached hydrogens (primary N) is 1. The van der Waals surface area contributed by atoms with Crippen LogP contribution >= 0.6 is 0 Å². The van der Waals surface area contributed by atoms with Crippen LogP contribution < -0.4 is 5.73 Å². The van der Waals surface area contributed by atoms with E-state index in [2.05, 4.69) is 10.1 Å². The zero-order valence-electron chi connectivity index (χ0n) is 8.03. The minimum Gasteiger partial charge on any atom is -0.325 e. The van der Waals surface area contributed by atoms with E-state index in [1.54, 1.807) is 0 Å². The molecule has 3 N–H and O–H groups in total. The summed E-state index contributed by atoms with van der Waals surface area (Å²) in [6.45, 7) is 0. The summed E-state index contributed by atoms with van der Waals surface area (Å²) in [4.78, 5) is 4.48. The van der Waals surface area contributed by atoms with E-state index in [9.17, 15) is 0 Å². The normalized spacial score (nSPS) is 18.9. The highest BCUT2D eigenvalue weighted by Gasteiger charge is 2.37. The van der Waals surface area contributed by atoms with Crippen LogP contribution in [0.15, 0.2) is 18.5 Å². The molecule has 2 heterocycles. The van der Waals surface area contributed by atoms with Crippen LogP contribution in [0, 0.1) is 0 Å². The van der Waals surface area contributed by atoms with Crippen molar-refractivity contribution in [2.45, 2.75) is 31.2 Å². The van der Waals surface area contributed by atoms with Gasteiger partial charge in [-0.3, -0.25) is 0 Å². The molecule has 1 aliphatic rings. The Balaban J connectivity index is 1.75. The molecule has 1 aliphatic carbocycles. The molecule has 0 bridgehead atoms. The third-order valence-corrected chi connectivity index (χ3v) is 3.00. The number of aryl methyl sites for hydroxylation is 1. The molecule has 0 unspecified atom stereocenters. The molecule has 0 saturated heterocycles. The van der Waals surface area contributed by atoms with Gasteiger partial charge in [-0.05, 0) is 25.7 Å². The maximum atomic E-state index is 6.02. The summed E-state index contributed by atoms with van der Waals surface area (Å²) < 4.78 is 1.94. The summed E-state index contributed by atoms with van der Waals surface area (Å²) in [5, 5.41) is 3.08. The van der Waals surface area contributed by atoms with Crippen molar-refractivity contribution in [2.75, 3.05) is 0 Å². The summed E-state index contributed by atoms with van der Waals surface area (Å²) in [5.74, 6) is 0. The first-order valence-corrected chi connectivity index (χ1v) is 5.05. The Morgan fingerprint density at radius 1 is 1.57 bits per heavy atom. The highest BCUT2D eigenvalue weighted by atomic mass is 15.2. The molecule has 0 radical (unpaired) electrons.